The molecular weight excluding hydrogens is 298 g/mol. The number of amides is 1. The maximum Gasteiger partial charge on any atom is 0.226 e. The molecule has 0 bridgehead atoms. The Morgan fingerprint density at radius 2 is 2.14 bits per heavy atom. The minimum atomic E-state index is 0.0679. The van der Waals surface area contributed by atoms with Crippen LogP contribution in [0.25, 0.3) is 0 Å². The number of likely N-dealkylation sites (tertiary alicyclic amines) is 1. The number of fused-ring (bicyclic) bond motifs is 1. The molecule has 4 heterocycles. The molecule has 1 unspecified atom stereocenters. The van der Waals surface area contributed by atoms with Gasteiger partial charge in [0.2, 0.25) is 5.91 Å². The predicted molar refractivity (Wildman–Crippen MR) is 85.2 cm³/mol. The molecule has 116 valence electrons. The molecule has 2 aliphatic heterocycles. The second kappa shape index (κ2) is 5.48. The van der Waals surface area contributed by atoms with Crippen molar-refractivity contribution in [2.45, 2.75) is 31.2 Å². The maximum atomic E-state index is 12.1. The van der Waals surface area contributed by atoms with Crippen LogP contribution < -0.4 is 5.32 Å². The summed E-state index contributed by atoms with van der Waals surface area (Å²) in [6.07, 6.45) is 6.42. The molecule has 1 amide bonds. The molecule has 2 aliphatic rings. The minimum absolute atomic E-state index is 0.0679. The topological polar surface area (TPSA) is 63.1 Å². The van der Waals surface area contributed by atoms with E-state index in [9.17, 15) is 4.79 Å². The van der Waals surface area contributed by atoms with Gasteiger partial charge < -0.3 is 10.2 Å². The summed E-state index contributed by atoms with van der Waals surface area (Å²) in [4.78, 5) is 14.5. The number of anilines is 1. The zero-order valence-electron chi connectivity index (χ0n) is 12.5. The average molecular weight is 317 g/mol. The van der Waals surface area contributed by atoms with Crippen molar-refractivity contribution >= 4 is 23.3 Å². The van der Waals surface area contributed by atoms with Crippen molar-refractivity contribution in [3.05, 3.63) is 28.9 Å². The lowest BCUT2D eigenvalue weighted by atomic mass is 9.89. The Balaban J connectivity index is 1.68. The van der Waals surface area contributed by atoms with Crippen LogP contribution in [-0.2, 0) is 4.79 Å². The fraction of sp³-hybridized carbons (Fsp3) is 0.533. The first-order valence-electron chi connectivity index (χ1n) is 7.67. The average Bonchev–Trinajstić information content (AvgIpc) is 3.16. The molecule has 0 spiro atoms. The Bertz CT molecular complexity index is 672. The number of carbonyl (C=O) groups excluding carboxylic acids is 1. The minimum Gasteiger partial charge on any atom is -0.311 e. The van der Waals surface area contributed by atoms with E-state index in [-0.39, 0.29) is 11.8 Å². The second-order valence-electron chi connectivity index (χ2n) is 6.19. The van der Waals surface area contributed by atoms with Crippen molar-refractivity contribution < 1.29 is 4.79 Å². The number of carbonyl (C=O) groups is 1. The van der Waals surface area contributed by atoms with Gasteiger partial charge in [0.05, 0.1) is 12.2 Å². The maximum absolute atomic E-state index is 12.1. The van der Waals surface area contributed by atoms with Gasteiger partial charge in [-0.2, -0.15) is 5.10 Å². The van der Waals surface area contributed by atoms with Gasteiger partial charge in [0.25, 0.3) is 0 Å². The first-order chi connectivity index (χ1) is 10.7. The third kappa shape index (κ3) is 2.34. The van der Waals surface area contributed by atoms with Crippen molar-refractivity contribution in [1.82, 2.24) is 19.1 Å². The highest BCUT2D eigenvalue weighted by Gasteiger charge is 2.32. The van der Waals surface area contributed by atoms with Gasteiger partial charge in [-0.3, -0.25) is 4.79 Å². The van der Waals surface area contributed by atoms with Crippen LogP contribution in [0.1, 0.15) is 42.3 Å². The predicted octanol–water partition coefficient (Wildman–Crippen LogP) is 2.08. The van der Waals surface area contributed by atoms with Gasteiger partial charge in [-0.25, -0.2) is 9.06 Å². The van der Waals surface area contributed by atoms with Crippen molar-refractivity contribution in [2.24, 2.45) is 0 Å². The second-order valence-corrected chi connectivity index (χ2v) is 6.85. The Morgan fingerprint density at radius 1 is 1.32 bits per heavy atom. The molecule has 0 saturated carbocycles. The van der Waals surface area contributed by atoms with Crippen LogP contribution in [0.3, 0.4) is 0 Å². The number of hydrogen-bond donors (Lipinski definition) is 1. The van der Waals surface area contributed by atoms with Gasteiger partial charge in [-0.1, -0.05) is 0 Å². The zero-order chi connectivity index (χ0) is 15.1. The van der Waals surface area contributed by atoms with Crippen LogP contribution in [-0.4, -0.2) is 45.1 Å². The first kappa shape index (κ1) is 13.9. The molecule has 0 aromatic carbocycles. The van der Waals surface area contributed by atoms with Gasteiger partial charge in [0.1, 0.15) is 5.82 Å². The summed E-state index contributed by atoms with van der Waals surface area (Å²) in [5, 5.41) is 9.68. The summed E-state index contributed by atoms with van der Waals surface area (Å²) in [6, 6.07) is 0.375. The van der Waals surface area contributed by atoms with E-state index >= 15 is 0 Å². The molecular formula is C15H19N5OS. The summed E-state index contributed by atoms with van der Waals surface area (Å²) < 4.78 is 6.21. The highest BCUT2D eigenvalue weighted by molar-refractivity contribution is 7.03. The number of piperidine rings is 1. The third-order valence-corrected chi connectivity index (χ3v) is 5.34. The largest absolute Gasteiger partial charge is 0.311 e. The van der Waals surface area contributed by atoms with E-state index in [2.05, 4.69) is 26.7 Å². The third-order valence-electron chi connectivity index (χ3n) is 4.73. The molecule has 1 saturated heterocycles. The molecule has 0 radical (unpaired) electrons. The van der Waals surface area contributed by atoms with Gasteiger partial charge in [-0.15, -0.1) is 0 Å². The lowest BCUT2D eigenvalue weighted by molar-refractivity contribution is -0.116. The SMILES string of the molecule is CN1CCC(n2ncc3c2NC(=O)CC3c2cnsc2)CC1. The first-order valence-corrected chi connectivity index (χ1v) is 8.51. The Morgan fingerprint density at radius 3 is 2.86 bits per heavy atom. The molecule has 0 aliphatic carbocycles. The summed E-state index contributed by atoms with van der Waals surface area (Å²) in [5.74, 6) is 1.04. The van der Waals surface area contributed by atoms with Gasteiger partial charge in [-0.05, 0) is 50.1 Å². The molecule has 1 fully saturated rings. The van der Waals surface area contributed by atoms with E-state index in [0.29, 0.717) is 12.5 Å². The summed E-state index contributed by atoms with van der Waals surface area (Å²) >= 11 is 1.43. The van der Waals surface area contributed by atoms with Crippen molar-refractivity contribution in [1.29, 1.82) is 0 Å². The van der Waals surface area contributed by atoms with Crippen LogP contribution in [0.4, 0.5) is 5.82 Å². The van der Waals surface area contributed by atoms with E-state index in [1.807, 2.05) is 22.5 Å². The van der Waals surface area contributed by atoms with Crippen molar-refractivity contribution in [3.8, 4) is 0 Å². The fourth-order valence-corrected chi connectivity index (χ4v) is 4.03. The molecule has 1 N–H and O–H groups in total. The summed E-state index contributed by atoms with van der Waals surface area (Å²) in [5.41, 5.74) is 2.24. The molecule has 7 heteroatoms. The molecule has 6 nitrogen and oxygen atoms in total. The lowest BCUT2D eigenvalue weighted by Gasteiger charge is -2.31. The molecule has 2 aromatic rings. The number of nitrogens with zero attached hydrogens (tertiary/aromatic N) is 4. The smallest absolute Gasteiger partial charge is 0.226 e. The summed E-state index contributed by atoms with van der Waals surface area (Å²) in [7, 11) is 2.15. The molecule has 4 rings (SSSR count). The van der Waals surface area contributed by atoms with E-state index < -0.39 is 0 Å². The number of aromatic nitrogens is 3. The lowest BCUT2D eigenvalue weighted by Crippen LogP contribution is -2.33. The van der Waals surface area contributed by atoms with Gasteiger partial charge in [0, 0.05) is 29.5 Å². The Kier molecular flexibility index (Phi) is 3.46. The quantitative estimate of drug-likeness (QED) is 0.921. The normalized spacial score (nSPS) is 23.3. The number of nitrogens with one attached hydrogen (secondary N) is 1. The van der Waals surface area contributed by atoms with Gasteiger partial charge in [0.15, 0.2) is 0 Å². The Labute approximate surface area is 133 Å². The number of rotatable bonds is 2. The standard InChI is InChI=1S/C15H19N5OS/c1-19-4-2-11(3-5-19)20-15-13(8-16-20)12(6-14(21)18-15)10-7-17-22-9-10/h7-9,11-12H,2-6H2,1H3,(H,18,21). The summed E-state index contributed by atoms with van der Waals surface area (Å²) in [6.45, 7) is 2.15. The van der Waals surface area contributed by atoms with Crippen molar-refractivity contribution in [2.75, 3.05) is 25.5 Å². The van der Waals surface area contributed by atoms with E-state index in [1.165, 1.54) is 11.5 Å². The van der Waals surface area contributed by atoms with E-state index in [1.54, 1.807) is 0 Å². The molecule has 22 heavy (non-hydrogen) atoms. The molecule has 1 atom stereocenters. The van der Waals surface area contributed by atoms with Crippen LogP contribution >= 0.6 is 11.5 Å². The monoisotopic (exact) mass is 317 g/mol. The fourth-order valence-electron chi connectivity index (χ4n) is 3.44. The highest BCUT2D eigenvalue weighted by Crippen LogP contribution is 2.39. The van der Waals surface area contributed by atoms with Crippen molar-refractivity contribution in [3.63, 3.8) is 0 Å². The van der Waals surface area contributed by atoms with Gasteiger partial charge >= 0.3 is 0 Å². The van der Waals surface area contributed by atoms with Crippen LogP contribution in [0.5, 0.6) is 0 Å². The van der Waals surface area contributed by atoms with Crippen LogP contribution in [0, 0.1) is 0 Å². The Hall–Kier alpha value is -1.73. The van der Waals surface area contributed by atoms with E-state index in [4.69, 9.17) is 0 Å². The highest BCUT2D eigenvalue weighted by atomic mass is 32.1. The van der Waals surface area contributed by atoms with E-state index in [0.717, 1.165) is 42.9 Å². The zero-order valence-corrected chi connectivity index (χ0v) is 13.3. The van der Waals surface area contributed by atoms with Crippen LogP contribution in [0.2, 0.25) is 0 Å². The van der Waals surface area contributed by atoms with Crippen LogP contribution in [0.15, 0.2) is 17.8 Å². The molecule has 2 aromatic heterocycles. The number of hydrogen-bond acceptors (Lipinski definition) is 5.